The number of hydrogen-bond donors (Lipinski definition) is 3. The van der Waals surface area contributed by atoms with Gasteiger partial charge in [-0.2, -0.15) is 5.10 Å². The van der Waals surface area contributed by atoms with E-state index in [0.29, 0.717) is 23.7 Å². The number of H-pyrrole nitrogens is 2. The number of benzene rings is 2. The molecule has 0 saturated carbocycles. The summed E-state index contributed by atoms with van der Waals surface area (Å²) in [5, 5.41) is 9.55. The minimum atomic E-state index is -0.337. The van der Waals surface area contributed by atoms with E-state index in [4.69, 9.17) is 10.5 Å². The molecular weight excluding hydrogens is 505 g/mol. The quantitative estimate of drug-likeness (QED) is 0.231. The summed E-state index contributed by atoms with van der Waals surface area (Å²) in [4.78, 5) is 14.6. The summed E-state index contributed by atoms with van der Waals surface area (Å²) in [5.74, 6) is 0.188. The molecule has 0 aliphatic carbocycles. The molecule has 6 aromatic rings. The van der Waals surface area contributed by atoms with Crippen LogP contribution >= 0.6 is 0 Å². The van der Waals surface area contributed by atoms with Crippen LogP contribution < -0.4 is 10.5 Å². The fraction of sp³-hybridized carbons (Fsp3) is 0.194. The van der Waals surface area contributed by atoms with Gasteiger partial charge >= 0.3 is 0 Å². The van der Waals surface area contributed by atoms with Crippen molar-refractivity contribution in [2.24, 2.45) is 0 Å². The third kappa shape index (κ3) is 4.65. The Morgan fingerprint density at radius 1 is 0.925 bits per heavy atom. The van der Waals surface area contributed by atoms with Crippen LogP contribution in [0.5, 0.6) is 5.75 Å². The molecule has 40 heavy (non-hydrogen) atoms. The van der Waals surface area contributed by atoms with Crippen LogP contribution in [-0.2, 0) is 0 Å². The van der Waals surface area contributed by atoms with Crippen LogP contribution in [0.1, 0.15) is 12.8 Å². The number of aromatic amines is 2. The van der Waals surface area contributed by atoms with E-state index in [0.717, 1.165) is 69.6 Å². The lowest BCUT2D eigenvalue weighted by Crippen LogP contribution is -2.25. The number of pyridine rings is 2. The topological polar surface area (TPSA) is 109 Å². The minimum Gasteiger partial charge on any atom is -0.492 e. The van der Waals surface area contributed by atoms with Crippen LogP contribution in [0.3, 0.4) is 0 Å². The average molecular weight is 534 g/mol. The van der Waals surface area contributed by atoms with Crippen LogP contribution in [0.2, 0.25) is 0 Å². The highest BCUT2D eigenvalue weighted by Crippen LogP contribution is 2.36. The number of anilines is 1. The Labute approximate surface area is 230 Å². The van der Waals surface area contributed by atoms with Gasteiger partial charge in [0.05, 0.1) is 16.9 Å². The van der Waals surface area contributed by atoms with Crippen molar-refractivity contribution in [2.75, 3.05) is 32.0 Å². The molecule has 1 aliphatic heterocycles. The summed E-state index contributed by atoms with van der Waals surface area (Å²) < 4.78 is 20.7. The molecule has 4 aromatic heterocycles. The number of nitrogens with two attached hydrogens (primary N) is 1. The zero-order chi connectivity index (χ0) is 27.1. The predicted octanol–water partition coefficient (Wildman–Crippen LogP) is 6.03. The van der Waals surface area contributed by atoms with Crippen molar-refractivity contribution in [3.63, 3.8) is 0 Å². The van der Waals surface area contributed by atoms with Gasteiger partial charge in [-0.05, 0) is 85.1 Å². The van der Waals surface area contributed by atoms with Crippen LogP contribution in [0.4, 0.5) is 10.1 Å². The van der Waals surface area contributed by atoms with Crippen LogP contribution in [0, 0.1) is 5.82 Å². The lowest BCUT2D eigenvalue weighted by Gasteiger charge is -2.15. The highest BCUT2D eigenvalue weighted by molar-refractivity contribution is 6.00. The van der Waals surface area contributed by atoms with Crippen LogP contribution in [0.25, 0.3) is 55.6 Å². The molecule has 0 spiro atoms. The van der Waals surface area contributed by atoms with E-state index in [2.05, 4.69) is 36.1 Å². The smallest absolute Gasteiger partial charge is 0.138 e. The number of nitrogens with zero attached hydrogens (tertiary/aromatic N) is 4. The number of nitrogen functional groups attached to an aromatic ring is 1. The largest absolute Gasteiger partial charge is 0.492 e. The molecule has 200 valence electrons. The zero-order valence-electron chi connectivity index (χ0n) is 21.8. The maximum Gasteiger partial charge on any atom is 0.138 e. The molecule has 0 amide bonds. The maximum absolute atomic E-state index is 14.7. The monoisotopic (exact) mass is 533 g/mol. The standard InChI is InChI=1S/C31H28FN7O/c32-22-11-20(13-24(15-22)40-10-9-39-7-1-2-8-39)25-5-6-35-31-26(25)16-29(36-31)30-27-14-19(3-4-28(27)37-38-30)21-12-23(33)18-34-17-21/h3-6,11-18H,1-2,7-10,33H2,(H,35,36)(H,37,38). The second-order valence-electron chi connectivity index (χ2n) is 10.2. The Morgan fingerprint density at radius 3 is 2.70 bits per heavy atom. The van der Waals surface area contributed by atoms with Gasteiger partial charge in [-0.15, -0.1) is 0 Å². The molecule has 1 saturated heterocycles. The van der Waals surface area contributed by atoms with Crippen molar-refractivity contribution in [3.8, 4) is 39.4 Å². The predicted molar refractivity (Wildman–Crippen MR) is 155 cm³/mol. The first-order valence-electron chi connectivity index (χ1n) is 13.4. The van der Waals surface area contributed by atoms with Gasteiger partial charge in [0, 0.05) is 47.5 Å². The molecule has 0 bridgehead atoms. The molecule has 1 fully saturated rings. The summed E-state index contributed by atoms with van der Waals surface area (Å²) in [5.41, 5.74) is 13.3. The Hall–Kier alpha value is -4.76. The van der Waals surface area contributed by atoms with Crippen LogP contribution in [0.15, 0.2) is 73.2 Å². The summed E-state index contributed by atoms with van der Waals surface area (Å²) in [6, 6.07) is 16.8. The second kappa shape index (κ2) is 10.1. The van der Waals surface area contributed by atoms with Gasteiger partial charge in [0.2, 0.25) is 0 Å². The van der Waals surface area contributed by atoms with Crippen molar-refractivity contribution in [3.05, 3.63) is 79.0 Å². The first kappa shape index (κ1) is 24.3. The summed E-state index contributed by atoms with van der Waals surface area (Å²) in [7, 11) is 0. The number of nitrogens with one attached hydrogen (secondary N) is 2. The van der Waals surface area contributed by atoms with E-state index < -0.39 is 0 Å². The molecule has 8 nitrogen and oxygen atoms in total. The average Bonchev–Trinajstić information content (AvgIpc) is 3.72. The van der Waals surface area contributed by atoms with Gasteiger partial charge in [-0.1, -0.05) is 6.07 Å². The second-order valence-corrected chi connectivity index (χ2v) is 10.2. The molecule has 7 rings (SSSR count). The van der Waals surface area contributed by atoms with Gasteiger partial charge in [0.25, 0.3) is 0 Å². The van der Waals surface area contributed by atoms with Gasteiger partial charge in [-0.3, -0.25) is 15.0 Å². The lowest BCUT2D eigenvalue weighted by molar-refractivity contribution is 0.237. The van der Waals surface area contributed by atoms with E-state index in [1.807, 2.05) is 36.4 Å². The van der Waals surface area contributed by atoms with E-state index >= 15 is 0 Å². The minimum absolute atomic E-state index is 0.337. The summed E-state index contributed by atoms with van der Waals surface area (Å²) >= 11 is 0. The molecule has 9 heteroatoms. The number of hydrogen-bond acceptors (Lipinski definition) is 6. The number of ether oxygens (including phenoxy) is 1. The van der Waals surface area contributed by atoms with E-state index in [1.165, 1.54) is 25.0 Å². The first-order valence-corrected chi connectivity index (χ1v) is 13.4. The first-order chi connectivity index (χ1) is 19.6. The maximum atomic E-state index is 14.7. The highest BCUT2D eigenvalue weighted by atomic mass is 19.1. The third-order valence-corrected chi connectivity index (χ3v) is 7.50. The molecule has 1 aliphatic rings. The Kier molecular flexibility index (Phi) is 6.13. The third-order valence-electron chi connectivity index (χ3n) is 7.50. The summed E-state index contributed by atoms with van der Waals surface area (Å²) in [6.45, 7) is 3.59. The number of fused-ring (bicyclic) bond motifs is 2. The summed E-state index contributed by atoms with van der Waals surface area (Å²) in [6.07, 6.45) is 7.61. The molecule has 0 radical (unpaired) electrons. The Bertz CT molecular complexity index is 1840. The molecule has 0 unspecified atom stereocenters. The fourth-order valence-electron chi connectivity index (χ4n) is 5.52. The molecule has 5 heterocycles. The number of aromatic nitrogens is 5. The fourth-order valence-corrected chi connectivity index (χ4v) is 5.52. The van der Waals surface area contributed by atoms with Crippen molar-refractivity contribution in [2.45, 2.75) is 12.8 Å². The van der Waals surface area contributed by atoms with Gasteiger partial charge in [-0.25, -0.2) is 9.37 Å². The lowest BCUT2D eigenvalue weighted by atomic mass is 10.0. The molecule has 2 aromatic carbocycles. The number of rotatable bonds is 7. The van der Waals surface area contributed by atoms with E-state index in [1.54, 1.807) is 18.6 Å². The van der Waals surface area contributed by atoms with Gasteiger partial charge < -0.3 is 15.5 Å². The molecule has 4 N–H and O–H groups in total. The number of halogens is 1. The van der Waals surface area contributed by atoms with Crippen molar-refractivity contribution in [1.82, 2.24) is 30.0 Å². The Balaban J connectivity index is 1.23. The molecular formula is C31H28FN7O. The van der Waals surface area contributed by atoms with Crippen molar-refractivity contribution in [1.29, 1.82) is 0 Å². The SMILES string of the molecule is Nc1cncc(-c2ccc3[nH]nc(-c4cc5c(-c6cc(F)cc(OCCN7CCCC7)c6)ccnc5[nH]4)c3c2)c1. The van der Waals surface area contributed by atoms with E-state index in [9.17, 15) is 4.39 Å². The highest BCUT2D eigenvalue weighted by Gasteiger charge is 2.16. The van der Waals surface area contributed by atoms with E-state index in [-0.39, 0.29) is 5.82 Å². The van der Waals surface area contributed by atoms with Crippen molar-refractivity contribution >= 4 is 27.6 Å². The van der Waals surface area contributed by atoms with Gasteiger partial charge in [0.15, 0.2) is 0 Å². The normalized spacial score (nSPS) is 13.9. The Morgan fingerprint density at radius 2 is 1.82 bits per heavy atom. The van der Waals surface area contributed by atoms with Crippen LogP contribution in [-0.4, -0.2) is 56.3 Å². The molecule has 0 atom stereocenters. The number of likely N-dealkylation sites (tertiary alicyclic amines) is 1. The van der Waals surface area contributed by atoms with Gasteiger partial charge in [0.1, 0.15) is 29.5 Å². The van der Waals surface area contributed by atoms with Crippen molar-refractivity contribution < 1.29 is 9.13 Å². The zero-order valence-corrected chi connectivity index (χ0v) is 21.8.